The van der Waals surface area contributed by atoms with E-state index in [-0.39, 0.29) is 18.2 Å². The van der Waals surface area contributed by atoms with Gasteiger partial charge >= 0.3 is 0 Å². The molecule has 0 spiro atoms. The van der Waals surface area contributed by atoms with Gasteiger partial charge in [-0.05, 0) is 37.1 Å². The summed E-state index contributed by atoms with van der Waals surface area (Å²) < 4.78 is 12.7. The Morgan fingerprint density at radius 2 is 1.81 bits per heavy atom. The van der Waals surface area contributed by atoms with Gasteiger partial charge < -0.3 is 5.32 Å². The molecule has 1 heterocycles. The first-order valence-electron chi connectivity index (χ1n) is 5.40. The average molecular weight is 243 g/mol. The van der Waals surface area contributed by atoms with Crippen molar-refractivity contribution in [3.8, 4) is 0 Å². The fourth-order valence-corrected chi connectivity index (χ4v) is 1.68. The van der Waals surface area contributed by atoms with Crippen molar-refractivity contribution >= 4 is 23.9 Å². The molecule has 1 N–H and O–H groups in total. The lowest BCUT2D eigenvalue weighted by atomic mass is 10.2. The van der Waals surface area contributed by atoms with Crippen LogP contribution in [0.25, 0.3) is 0 Å². The molecule has 0 amide bonds. The van der Waals surface area contributed by atoms with Crippen LogP contribution in [-0.4, -0.2) is 12.4 Å². The van der Waals surface area contributed by atoms with Crippen LogP contribution in [0.2, 0.25) is 0 Å². The smallest absolute Gasteiger partial charge is 0.123 e. The normalized spacial score (nSPS) is 15.7. The Morgan fingerprint density at radius 3 is 2.56 bits per heavy atom. The number of rotatable bonds is 1. The lowest BCUT2D eigenvalue weighted by Gasteiger charge is -2.07. The highest BCUT2D eigenvalue weighted by atomic mass is 35.5. The molecule has 0 saturated carbocycles. The first kappa shape index (κ1) is 13.0. The van der Waals surface area contributed by atoms with Crippen molar-refractivity contribution in [1.82, 2.24) is 0 Å². The van der Waals surface area contributed by atoms with Crippen LogP contribution >= 0.6 is 12.4 Å². The monoisotopic (exact) mass is 242 g/mol. The lowest BCUT2D eigenvalue weighted by Crippen LogP contribution is -2.11. The molecule has 1 aromatic rings. The van der Waals surface area contributed by atoms with Crippen molar-refractivity contribution in [3.05, 3.63) is 30.1 Å². The number of nitrogens with zero attached hydrogens (tertiary/aromatic N) is 1. The fourth-order valence-electron chi connectivity index (χ4n) is 1.68. The molecule has 88 valence electrons. The van der Waals surface area contributed by atoms with Gasteiger partial charge in [-0.1, -0.05) is 6.42 Å². The summed E-state index contributed by atoms with van der Waals surface area (Å²) in [6.45, 7) is 0.906. The number of nitrogens with one attached hydrogen (secondary N) is 1. The van der Waals surface area contributed by atoms with Gasteiger partial charge in [0.1, 0.15) is 11.7 Å². The third-order valence-corrected chi connectivity index (χ3v) is 2.51. The Morgan fingerprint density at radius 1 is 1.06 bits per heavy atom. The second-order valence-corrected chi connectivity index (χ2v) is 3.77. The van der Waals surface area contributed by atoms with E-state index in [0.717, 1.165) is 24.5 Å². The van der Waals surface area contributed by atoms with E-state index in [1.807, 2.05) is 0 Å². The summed E-state index contributed by atoms with van der Waals surface area (Å²) in [4.78, 5) is 4.45. The second-order valence-electron chi connectivity index (χ2n) is 3.77. The SMILES string of the molecule is Cl.Fc1ccc(NC2=NCCCCC2)cc1. The maximum absolute atomic E-state index is 12.7. The summed E-state index contributed by atoms with van der Waals surface area (Å²) in [5.41, 5.74) is 0.914. The highest BCUT2D eigenvalue weighted by Gasteiger charge is 2.04. The van der Waals surface area contributed by atoms with Gasteiger partial charge in [0.15, 0.2) is 0 Å². The molecule has 1 aliphatic heterocycles. The molecule has 0 fully saturated rings. The molecule has 16 heavy (non-hydrogen) atoms. The molecule has 4 heteroatoms. The molecule has 1 aromatic carbocycles. The van der Waals surface area contributed by atoms with E-state index in [1.165, 1.54) is 31.4 Å². The number of benzene rings is 1. The molecule has 0 aliphatic carbocycles. The molecule has 0 bridgehead atoms. The van der Waals surface area contributed by atoms with Gasteiger partial charge in [0.05, 0.1) is 0 Å². The highest BCUT2D eigenvalue weighted by Crippen LogP contribution is 2.12. The molecule has 2 rings (SSSR count). The van der Waals surface area contributed by atoms with E-state index in [9.17, 15) is 4.39 Å². The van der Waals surface area contributed by atoms with E-state index in [0.29, 0.717) is 0 Å². The maximum Gasteiger partial charge on any atom is 0.123 e. The summed E-state index contributed by atoms with van der Waals surface area (Å²) >= 11 is 0. The van der Waals surface area contributed by atoms with E-state index in [1.54, 1.807) is 12.1 Å². The van der Waals surface area contributed by atoms with Crippen LogP contribution in [0, 0.1) is 5.82 Å². The predicted molar refractivity (Wildman–Crippen MR) is 68.0 cm³/mol. The quantitative estimate of drug-likeness (QED) is 0.799. The number of aliphatic imine (C=N–C) groups is 1. The highest BCUT2D eigenvalue weighted by molar-refractivity contribution is 5.95. The summed E-state index contributed by atoms with van der Waals surface area (Å²) in [6, 6.07) is 6.39. The Hall–Kier alpha value is -1.09. The Bertz CT molecular complexity index is 349. The molecule has 2 nitrogen and oxygen atoms in total. The minimum absolute atomic E-state index is 0. The van der Waals surface area contributed by atoms with Gasteiger partial charge in [-0.3, -0.25) is 4.99 Å². The van der Waals surface area contributed by atoms with Crippen LogP contribution in [0.15, 0.2) is 29.3 Å². The van der Waals surface area contributed by atoms with Crippen molar-refractivity contribution in [3.63, 3.8) is 0 Å². The van der Waals surface area contributed by atoms with Crippen molar-refractivity contribution in [2.75, 3.05) is 11.9 Å². The zero-order valence-electron chi connectivity index (χ0n) is 9.08. The third kappa shape index (κ3) is 3.81. The zero-order valence-corrected chi connectivity index (χ0v) is 9.89. The Kier molecular flexibility index (Phi) is 5.26. The maximum atomic E-state index is 12.7. The topological polar surface area (TPSA) is 24.4 Å². The number of anilines is 1. The standard InChI is InChI=1S/C12H15FN2.ClH/c13-10-5-7-11(8-6-10)15-12-4-2-1-3-9-14-12;/h5-8H,1-4,9H2,(H,14,15);1H. The summed E-state index contributed by atoms with van der Waals surface area (Å²) in [5, 5.41) is 3.23. The molecule has 1 aliphatic rings. The van der Waals surface area contributed by atoms with Crippen LogP contribution in [0.1, 0.15) is 25.7 Å². The zero-order chi connectivity index (χ0) is 10.5. The van der Waals surface area contributed by atoms with Crippen molar-refractivity contribution in [1.29, 1.82) is 0 Å². The van der Waals surface area contributed by atoms with E-state index >= 15 is 0 Å². The Balaban J connectivity index is 0.00000128. The number of hydrogen-bond donors (Lipinski definition) is 1. The lowest BCUT2D eigenvalue weighted by molar-refractivity contribution is 0.628. The molecule has 0 unspecified atom stereocenters. The molecule has 0 radical (unpaired) electrons. The van der Waals surface area contributed by atoms with Gasteiger partial charge in [0, 0.05) is 18.7 Å². The fraction of sp³-hybridized carbons (Fsp3) is 0.417. The van der Waals surface area contributed by atoms with Crippen LogP contribution in [0.4, 0.5) is 10.1 Å². The number of hydrogen-bond acceptors (Lipinski definition) is 2. The van der Waals surface area contributed by atoms with Crippen molar-refractivity contribution in [2.45, 2.75) is 25.7 Å². The van der Waals surface area contributed by atoms with Crippen molar-refractivity contribution < 1.29 is 4.39 Å². The predicted octanol–water partition coefficient (Wildman–Crippen LogP) is 3.63. The van der Waals surface area contributed by atoms with E-state index in [2.05, 4.69) is 10.3 Å². The summed E-state index contributed by atoms with van der Waals surface area (Å²) in [7, 11) is 0. The first-order valence-corrected chi connectivity index (χ1v) is 5.40. The van der Waals surface area contributed by atoms with Gasteiger partial charge in [-0.25, -0.2) is 4.39 Å². The van der Waals surface area contributed by atoms with E-state index < -0.39 is 0 Å². The minimum atomic E-state index is -0.205. The molecule has 0 atom stereocenters. The van der Waals surface area contributed by atoms with Crippen LogP contribution < -0.4 is 5.32 Å². The molecule has 0 saturated heterocycles. The second kappa shape index (κ2) is 6.48. The van der Waals surface area contributed by atoms with Crippen molar-refractivity contribution in [2.24, 2.45) is 4.99 Å². The molecule has 0 aromatic heterocycles. The Labute approximate surface area is 101 Å². The van der Waals surface area contributed by atoms with Gasteiger partial charge in [-0.15, -0.1) is 12.4 Å². The largest absolute Gasteiger partial charge is 0.344 e. The van der Waals surface area contributed by atoms with E-state index in [4.69, 9.17) is 0 Å². The number of halogens is 2. The van der Waals surface area contributed by atoms with Gasteiger partial charge in [0.25, 0.3) is 0 Å². The first-order chi connectivity index (χ1) is 7.34. The van der Waals surface area contributed by atoms with Gasteiger partial charge in [0.2, 0.25) is 0 Å². The van der Waals surface area contributed by atoms with Crippen LogP contribution in [-0.2, 0) is 0 Å². The third-order valence-electron chi connectivity index (χ3n) is 2.51. The average Bonchev–Trinajstić information content (AvgIpc) is 2.50. The van der Waals surface area contributed by atoms with Crippen LogP contribution in [0.5, 0.6) is 0 Å². The minimum Gasteiger partial charge on any atom is -0.344 e. The molecular weight excluding hydrogens is 227 g/mol. The summed E-state index contributed by atoms with van der Waals surface area (Å²) in [5.74, 6) is 0.822. The number of amidine groups is 1. The molecular formula is C12H16ClFN2. The van der Waals surface area contributed by atoms with Gasteiger partial charge in [-0.2, -0.15) is 0 Å². The van der Waals surface area contributed by atoms with Crippen LogP contribution in [0.3, 0.4) is 0 Å². The summed E-state index contributed by atoms with van der Waals surface area (Å²) in [6.07, 6.45) is 4.61.